The number of amides is 2. The van der Waals surface area contributed by atoms with Crippen molar-refractivity contribution < 1.29 is 13.7 Å². The van der Waals surface area contributed by atoms with Gasteiger partial charge in [-0.25, -0.2) is 4.79 Å². The molecule has 0 aliphatic carbocycles. The quantitative estimate of drug-likeness (QED) is 0.649. The fraction of sp³-hybridized carbons (Fsp3) is 0.632. The van der Waals surface area contributed by atoms with Crippen LogP contribution in [0.2, 0.25) is 0 Å². The molecular formula is C19H32N2O3S. The monoisotopic (exact) mass is 368 g/mol. The average Bonchev–Trinajstić information content (AvgIpc) is 2.49. The molecule has 0 radical (unpaired) electrons. The Kier molecular flexibility index (Phi) is 9.14. The molecule has 2 N–H and O–H groups in total. The number of rotatable bonds is 9. The number of carbonyl (C=O) groups is 1. The van der Waals surface area contributed by atoms with Gasteiger partial charge in [-0.1, -0.05) is 26.0 Å². The molecule has 0 aromatic heterocycles. The van der Waals surface area contributed by atoms with E-state index in [0.29, 0.717) is 30.5 Å². The largest absolute Gasteiger partial charge is 0.381 e. The first-order valence-electron chi connectivity index (χ1n) is 8.78. The maximum absolute atomic E-state index is 12.2. The van der Waals surface area contributed by atoms with Gasteiger partial charge in [0.05, 0.1) is 0 Å². The number of hydrogen-bond donors (Lipinski definition) is 2. The number of hydrogen-bond acceptors (Lipinski definition) is 3. The van der Waals surface area contributed by atoms with Crippen LogP contribution < -0.4 is 10.6 Å². The van der Waals surface area contributed by atoms with E-state index in [0.717, 1.165) is 18.6 Å². The van der Waals surface area contributed by atoms with Gasteiger partial charge in [0, 0.05) is 46.7 Å². The van der Waals surface area contributed by atoms with Crippen LogP contribution in [0.3, 0.4) is 0 Å². The van der Waals surface area contributed by atoms with E-state index >= 15 is 0 Å². The predicted molar refractivity (Wildman–Crippen MR) is 105 cm³/mol. The lowest BCUT2D eigenvalue weighted by Gasteiger charge is -2.18. The minimum atomic E-state index is -0.963. The van der Waals surface area contributed by atoms with Crippen molar-refractivity contribution in [1.82, 2.24) is 5.32 Å². The van der Waals surface area contributed by atoms with Crippen LogP contribution in [0.5, 0.6) is 0 Å². The van der Waals surface area contributed by atoms with Crippen LogP contribution in [0, 0.1) is 5.92 Å². The zero-order chi connectivity index (χ0) is 18.9. The lowest BCUT2D eigenvalue weighted by molar-refractivity contribution is 0.108. The first-order chi connectivity index (χ1) is 11.7. The SMILES string of the molecule is CC(C)COCCCNC(=O)Nc1cccc(CS(=O)C(C)(C)C)c1. The summed E-state index contributed by atoms with van der Waals surface area (Å²) < 4.78 is 17.5. The predicted octanol–water partition coefficient (Wildman–Crippen LogP) is 3.92. The van der Waals surface area contributed by atoms with Crippen molar-refractivity contribution in [3.8, 4) is 0 Å². The molecule has 25 heavy (non-hydrogen) atoms. The Hall–Kier alpha value is -1.40. The summed E-state index contributed by atoms with van der Waals surface area (Å²) in [5.74, 6) is 1.00. The van der Waals surface area contributed by atoms with Crippen molar-refractivity contribution in [2.24, 2.45) is 5.92 Å². The molecule has 2 amide bonds. The summed E-state index contributed by atoms with van der Waals surface area (Å²) in [5.41, 5.74) is 1.66. The van der Waals surface area contributed by atoms with Crippen LogP contribution in [0.25, 0.3) is 0 Å². The average molecular weight is 369 g/mol. The highest BCUT2D eigenvalue weighted by Crippen LogP contribution is 2.18. The fourth-order valence-corrected chi connectivity index (χ4v) is 2.89. The van der Waals surface area contributed by atoms with Crippen LogP contribution >= 0.6 is 0 Å². The van der Waals surface area contributed by atoms with Gasteiger partial charge < -0.3 is 15.4 Å². The van der Waals surface area contributed by atoms with E-state index in [1.165, 1.54) is 0 Å². The molecule has 142 valence electrons. The van der Waals surface area contributed by atoms with E-state index in [1.54, 1.807) is 0 Å². The van der Waals surface area contributed by atoms with Gasteiger partial charge in [0.15, 0.2) is 0 Å². The smallest absolute Gasteiger partial charge is 0.319 e. The Bertz CT molecular complexity index is 568. The molecule has 5 nitrogen and oxygen atoms in total. The molecule has 0 fully saturated rings. The number of benzene rings is 1. The van der Waals surface area contributed by atoms with Gasteiger partial charge in [-0.05, 0) is 50.8 Å². The standard InChI is InChI=1S/C19H32N2O3S/c1-15(2)13-24-11-7-10-20-18(22)21-17-9-6-8-16(12-17)14-25(23)19(3,4)5/h6,8-9,12,15H,7,10-11,13-14H2,1-5H3,(H2,20,21,22). The normalized spacial score (nSPS) is 12.9. The van der Waals surface area contributed by atoms with Crippen molar-refractivity contribution in [1.29, 1.82) is 0 Å². The van der Waals surface area contributed by atoms with Crippen molar-refractivity contribution in [3.63, 3.8) is 0 Å². The number of urea groups is 1. The van der Waals surface area contributed by atoms with E-state index in [4.69, 9.17) is 4.74 Å². The lowest BCUT2D eigenvalue weighted by Crippen LogP contribution is -2.30. The molecule has 0 spiro atoms. The Morgan fingerprint density at radius 2 is 2.00 bits per heavy atom. The van der Waals surface area contributed by atoms with E-state index in [2.05, 4.69) is 24.5 Å². The number of nitrogens with one attached hydrogen (secondary N) is 2. The maximum Gasteiger partial charge on any atom is 0.319 e. The van der Waals surface area contributed by atoms with Gasteiger partial charge in [0.25, 0.3) is 0 Å². The topological polar surface area (TPSA) is 67.4 Å². The van der Waals surface area contributed by atoms with Crippen molar-refractivity contribution in [2.75, 3.05) is 25.1 Å². The van der Waals surface area contributed by atoms with Crippen LogP contribution in [-0.2, 0) is 21.3 Å². The van der Waals surface area contributed by atoms with Gasteiger partial charge in [0.1, 0.15) is 0 Å². The Morgan fingerprint density at radius 1 is 1.28 bits per heavy atom. The number of carbonyl (C=O) groups excluding carboxylic acids is 1. The summed E-state index contributed by atoms with van der Waals surface area (Å²) in [6.07, 6.45) is 0.782. The van der Waals surface area contributed by atoms with Crippen LogP contribution in [0.15, 0.2) is 24.3 Å². The molecule has 1 rings (SSSR count). The molecule has 0 aliphatic rings. The summed E-state index contributed by atoms with van der Waals surface area (Å²) >= 11 is 0. The van der Waals surface area contributed by atoms with Crippen LogP contribution in [0.1, 0.15) is 46.6 Å². The minimum absolute atomic E-state index is 0.238. The third kappa shape index (κ3) is 9.60. The van der Waals surface area contributed by atoms with Gasteiger partial charge in [-0.15, -0.1) is 0 Å². The zero-order valence-electron chi connectivity index (χ0n) is 16.1. The Balaban J connectivity index is 2.37. The van der Waals surface area contributed by atoms with Gasteiger partial charge >= 0.3 is 6.03 Å². The molecule has 0 bridgehead atoms. The Morgan fingerprint density at radius 3 is 2.64 bits per heavy atom. The Labute approximate surface area is 154 Å². The minimum Gasteiger partial charge on any atom is -0.381 e. The highest BCUT2D eigenvalue weighted by Gasteiger charge is 2.19. The summed E-state index contributed by atoms with van der Waals surface area (Å²) in [6, 6.07) is 7.26. The molecule has 1 unspecified atom stereocenters. The van der Waals surface area contributed by atoms with E-state index in [-0.39, 0.29) is 10.8 Å². The molecule has 6 heteroatoms. The van der Waals surface area contributed by atoms with E-state index in [9.17, 15) is 9.00 Å². The number of anilines is 1. The van der Waals surface area contributed by atoms with Crippen LogP contribution in [-0.4, -0.2) is 34.7 Å². The maximum atomic E-state index is 12.2. The zero-order valence-corrected chi connectivity index (χ0v) is 16.9. The molecule has 1 aromatic rings. The summed E-state index contributed by atoms with van der Waals surface area (Å²) in [5, 5.41) is 5.63. The molecule has 0 aliphatic heterocycles. The summed E-state index contributed by atoms with van der Waals surface area (Å²) in [7, 11) is -0.963. The summed E-state index contributed by atoms with van der Waals surface area (Å²) in [6.45, 7) is 12.1. The molecule has 0 heterocycles. The van der Waals surface area contributed by atoms with Gasteiger partial charge in [-0.3, -0.25) is 4.21 Å². The number of ether oxygens (including phenoxy) is 1. The second kappa shape index (κ2) is 10.6. The molecule has 1 atom stereocenters. The van der Waals surface area contributed by atoms with Crippen LogP contribution in [0.4, 0.5) is 10.5 Å². The highest BCUT2D eigenvalue weighted by molar-refractivity contribution is 7.85. The summed E-state index contributed by atoms with van der Waals surface area (Å²) in [4.78, 5) is 11.9. The van der Waals surface area contributed by atoms with Crippen molar-refractivity contribution in [3.05, 3.63) is 29.8 Å². The molecular weight excluding hydrogens is 336 g/mol. The first-order valence-corrected chi connectivity index (χ1v) is 10.1. The van der Waals surface area contributed by atoms with Gasteiger partial charge in [0.2, 0.25) is 0 Å². The van der Waals surface area contributed by atoms with E-state index in [1.807, 2.05) is 45.0 Å². The first kappa shape index (κ1) is 21.6. The van der Waals surface area contributed by atoms with Crippen molar-refractivity contribution >= 4 is 22.5 Å². The van der Waals surface area contributed by atoms with Gasteiger partial charge in [-0.2, -0.15) is 0 Å². The molecule has 0 saturated carbocycles. The van der Waals surface area contributed by atoms with E-state index < -0.39 is 10.8 Å². The highest BCUT2D eigenvalue weighted by atomic mass is 32.2. The third-order valence-electron chi connectivity index (χ3n) is 3.37. The third-order valence-corrected chi connectivity index (χ3v) is 5.33. The second-order valence-electron chi connectivity index (χ2n) is 7.51. The fourth-order valence-electron chi connectivity index (χ4n) is 1.98. The van der Waals surface area contributed by atoms with Crippen molar-refractivity contribution in [2.45, 2.75) is 51.5 Å². The second-order valence-corrected chi connectivity index (χ2v) is 9.71. The molecule has 0 saturated heterocycles. The molecule has 1 aromatic carbocycles. The lowest BCUT2D eigenvalue weighted by atomic mass is 10.2.